The highest BCUT2D eigenvalue weighted by molar-refractivity contribution is 5.94. The van der Waals surface area contributed by atoms with Crippen molar-refractivity contribution < 1.29 is 44.1 Å². The Balaban J connectivity index is 5.32. The third kappa shape index (κ3) is 10.9. The van der Waals surface area contributed by atoms with Crippen molar-refractivity contribution >= 4 is 35.6 Å². The van der Waals surface area contributed by atoms with Crippen molar-refractivity contribution in [2.45, 2.75) is 69.8 Å². The number of carbonyl (C=O) groups is 6. The van der Waals surface area contributed by atoms with Gasteiger partial charge in [-0.05, 0) is 26.7 Å². The molecule has 0 saturated carbocycles. The molecule has 0 aliphatic rings. The van der Waals surface area contributed by atoms with Gasteiger partial charge in [-0.15, -0.1) is 0 Å². The molecular weight excluding hydrogens is 418 g/mol. The molecule has 0 aliphatic carbocycles. The van der Waals surface area contributed by atoms with Crippen LogP contribution >= 0.6 is 0 Å². The lowest BCUT2D eigenvalue weighted by molar-refractivity contribution is -0.142. The lowest BCUT2D eigenvalue weighted by Gasteiger charge is -2.26. The molecule has 0 aromatic heterocycles. The fourth-order valence-electron chi connectivity index (χ4n) is 2.27. The van der Waals surface area contributed by atoms with Crippen LogP contribution in [-0.2, 0) is 28.8 Å². The first-order chi connectivity index (χ1) is 14.3. The van der Waals surface area contributed by atoms with Crippen LogP contribution in [0.3, 0.4) is 0 Å². The number of carboxylic acid groups (broad SMARTS) is 2. The van der Waals surface area contributed by atoms with Gasteiger partial charge in [0.05, 0.1) is 12.1 Å². The fourth-order valence-corrected chi connectivity index (χ4v) is 2.27. The molecule has 0 saturated heterocycles. The Bertz CT molecular complexity index is 697. The van der Waals surface area contributed by atoms with E-state index in [-0.39, 0.29) is 19.3 Å². The van der Waals surface area contributed by atoms with Gasteiger partial charge in [-0.2, -0.15) is 0 Å². The molecule has 31 heavy (non-hydrogen) atoms. The van der Waals surface area contributed by atoms with Crippen LogP contribution in [0.5, 0.6) is 0 Å². The molecule has 0 heterocycles. The first-order valence-corrected chi connectivity index (χ1v) is 9.33. The predicted octanol–water partition coefficient (Wildman–Crippen LogP) is -3.62. The summed E-state index contributed by atoms with van der Waals surface area (Å²) in [6, 6.07) is -5.51. The quantitative estimate of drug-likeness (QED) is 0.130. The molecule has 10 N–H and O–H groups in total. The molecule has 0 rings (SSSR count). The normalized spacial score (nSPS) is 15.5. The molecular formula is C17H29N5O9. The van der Waals surface area contributed by atoms with Crippen LogP contribution in [0.2, 0.25) is 0 Å². The van der Waals surface area contributed by atoms with Gasteiger partial charge in [-0.1, -0.05) is 0 Å². The van der Waals surface area contributed by atoms with Gasteiger partial charge in [-0.25, -0.2) is 0 Å². The van der Waals surface area contributed by atoms with E-state index < -0.39 is 72.3 Å². The van der Waals surface area contributed by atoms with E-state index in [2.05, 4.69) is 16.0 Å². The molecule has 0 aromatic rings. The van der Waals surface area contributed by atoms with Crippen LogP contribution in [0.4, 0.5) is 0 Å². The van der Waals surface area contributed by atoms with E-state index in [9.17, 15) is 33.9 Å². The summed E-state index contributed by atoms with van der Waals surface area (Å²) in [6.45, 7) is 2.35. The van der Waals surface area contributed by atoms with Crippen LogP contribution in [0.15, 0.2) is 0 Å². The second-order valence-electron chi connectivity index (χ2n) is 6.90. The van der Waals surface area contributed by atoms with E-state index in [1.165, 1.54) is 13.8 Å². The van der Waals surface area contributed by atoms with Gasteiger partial charge < -0.3 is 42.7 Å². The van der Waals surface area contributed by atoms with Crippen LogP contribution in [0.1, 0.15) is 39.5 Å². The van der Waals surface area contributed by atoms with Crippen molar-refractivity contribution in [3.8, 4) is 0 Å². The van der Waals surface area contributed by atoms with Crippen molar-refractivity contribution in [2.24, 2.45) is 11.5 Å². The zero-order valence-electron chi connectivity index (χ0n) is 17.2. The lowest BCUT2D eigenvalue weighted by atomic mass is 10.1. The number of carboxylic acids is 2. The summed E-state index contributed by atoms with van der Waals surface area (Å²) in [6.07, 6.45) is -2.62. The Hall–Kier alpha value is -3.26. The van der Waals surface area contributed by atoms with Crippen LogP contribution in [0, 0.1) is 0 Å². The summed E-state index contributed by atoms with van der Waals surface area (Å²) in [5.74, 6) is -6.12. The van der Waals surface area contributed by atoms with Crippen molar-refractivity contribution in [2.75, 3.05) is 0 Å². The zero-order valence-corrected chi connectivity index (χ0v) is 17.2. The molecule has 4 amide bonds. The summed E-state index contributed by atoms with van der Waals surface area (Å²) < 4.78 is 0. The molecule has 0 radical (unpaired) electrons. The maximum Gasteiger partial charge on any atom is 0.325 e. The average Bonchev–Trinajstić information content (AvgIpc) is 2.65. The summed E-state index contributed by atoms with van der Waals surface area (Å²) in [4.78, 5) is 69.5. The number of amides is 4. The number of nitrogens with one attached hydrogen (secondary N) is 3. The Labute approximate surface area is 177 Å². The molecule has 0 spiro atoms. The summed E-state index contributed by atoms with van der Waals surface area (Å²) in [5.41, 5.74) is 10.7. The van der Waals surface area contributed by atoms with E-state index in [1.807, 2.05) is 0 Å². The first-order valence-electron chi connectivity index (χ1n) is 9.33. The highest BCUT2D eigenvalue weighted by atomic mass is 16.4. The summed E-state index contributed by atoms with van der Waals surface area (Å²) in [5, 5.41) is 33.9. The summed E-state index contributed by atoms with van der Waals surface area (Å²) in [7, 11) is 0. The van der Waals surface area contributed by atoms with Crippen molar-refractivity contribution in [3.05, 3.63) is 0 Å². The highest BCUT2D eigenvalue weighted by Crippen LogP contribution is 2.03. The van der Waals surface area contributed by atoms with E-state index >= 15 is 0 Å². The molecule has 0 bridgehead atoms. The Kier molecular flexibility index (Phi) is 11.7. The maximum absolute atomic E-state index is 12.6. The number of carbonyl (C=O) groups excluding carboxylic acids is 4. The highest BCUT2D eigenvalue weighted by Gasteiger charge is 2.32. The van der Waals surface area contributed by atoms with E-state index in [0.29, 0.717) is 0 Å². The number of aliphatic carboxylic acids is 2. The minimum atomic E-state index is -1.57. The van der Waals surface area contributed by atoms with Gasteiger partial charge in [-0.3, -0.25) is 28.8 Å². The second kappa shape index (κ2) is 13.1. The monoisotopic (exact) mass is 447 g/mol. The molecule has 5 atom stereocenters. The number of nitrogens with two attached hydrogens (primary N) is 2. The molecule has 0 aliphatic heterocycles. The minimum Gasteiger partial charge on any atom is -0.481 e. The maximum atomic E-state index is 12.6. The molecule has 0 aromatic carbocycles. The predicted molar refractivity (Wildman–Crippen MR) is 104 cm³/mol. The van der Waals surface area contributed by atoms with Gasteiger partial charge in [0.2, 0.25) is 23.6 Å². The topological polar surface area (TPSA) is 251 Å². The van der Waals surface area contributed by atoms with Crippen molar-refractivity contribution in [1.29, 1.82) is 0 Å². The smallest absolute Gasteiger partial charge is 0.325 e. The summed E-state index contributed by atoms with van der Waals surface area (Å²) >= 11 is 0. The molecule has 14 heteroatoms. The Morgan fingerprint density at radius 2 is 1.42 bits per heavy atom. The Morgan fingerprint density at radius 1 is 0.839 bits per heavy atom. The molecule has 176 valence electrons. The van der Waals surface area contributed by atoms with Crippen LogP contribution < -0.4 is 27.4 Å². The van der Waals surface area contributed by atoms with Gasteiger partial charge in [0.1, 0.15) is 18.1 Å². The largest absolute Gasteiger partial charge is 0.481 e. The standard InChI is InChI=1S/C17H29N5O9/c1-7(17(30)31)20-16(29)13(8(2)23)22-15(28)10(4-5-11(19)24)21-14(27)9(18)3-6-12(25)26/h7-10,13,23H,3-6,18H2,1-2H3,(H2,19,24)(H,20,29)(H,21,27)(H,22,28)(H,25,26)(H,30,31). The SMILES string of the molecule is CC(NC(=O)C(NC(=O)C(CCC(N)=O)NC(=O)C(N)CCC(=O)O)C(C)O)C(=O)O. The van der Waals surface area contributed by atoms with Crippen molar-refractivity contribution in [3.63, 3.8) is 0 Å². The van der Waals surface area contributed by atoms with E-state index in [0.717, 1.165) is 0 Å². The molecule has 0 fully saturated rings. The molecule has 14 nitrogen and oxygen atoms in total. The van der Waals surface area contributed by atoms with Gasteiger partial charge in [0.15, 0.2) is 0 Å². The number of hydrogen-bond acceptors (Lipinski definition) is 8. The first kappa shape index (κ1) is 27.7. The van der Waals surface area contributed by atoms with Gasteiger partial charge in [0, 0.05) is 12.8 Å². The third-order valence-corrected chi connectivity index (χ3v) is 4.11. The average molecular weight is 447 g/mol. The zero-order chi connectivity index (χ0) is 24.3. The number of primary amides is 1. The molecule has 5 unspecified atom stereocenters. The van der Waals surface area contributed by atoms with E-state index in [1.54, 1.807) is 0 Å². The van der Waals surface area contributed by atoms with Crippen LogP contribution in [0.25, 0.3) is 0 Å². The number of aliphatic hydroxyl groups is 1. The second-order valence-corrected chi connectivity index (χ2v) is 6.90. The number of hydrogen-bond donors (Lipinski definition) is 8. The van der Waals surface area contributed by atoms with Gasteiger partial charge in [0.25, 0.3) is 0 Å². The van der Waals surface area contributed by atoms with Gasteiger partial charge >= 0.3 is 11.9 Å². The Morgan fingerprint density at radius 3 is 1.87 bits per heavy atom. The van der Waals surface area contributed by atoms with Crippen molar-refractivity contribution in [1.82, 2.24) is 16.0 Å². The minimum absolute atomic E-state index is 0.211. The third-order valence-electron chi connectivity index (χ3n) is 4.11. The van der Waals surface area contributed by atoms with E-state index in [4.69, 9.17) is 21.7 Å². The fraction of sp³-hybridized carbons (Fsp3) is 0.647. The number of aliphatic hydroxyl groups excluding tert-OH is 1. The lowest BCUT2D eigenvalue weighted by Crippen LogP contribution is -2.59. The number of rotatable bonds is 14. The van der Waals surface area contributed by atoms with Crippen LogP contribution in [-0.4, -0.2) is 81.2 Å².